The Hall–Kier alpha value is -3.01. The summed E-state index contributed by atoms with van der Waals surface area (Å²) in [6.45, 7) is 1.95. The normalized spacial score (nSPS) is 20.2. The van der Waals surface area contributed by atoms with Gasteiger partial charge in [0.1, 0.15) is 11.2 Å². The van der Waals surface area contributed by atoms with Crippen molar-refractivity contribution in [1.29, 1.82) is 5.26 Å². The van der Waals surface area contributed by atoms with E-state index in [2.05, 4.69) is 26.1 Å². The number of hydrogen-bond donors (Lipinski definition) is 1. The van der Waals surface area contributed by atoms with Crippen LogP contribution < -0.4 is 5.56 Å². The van der Waals surface area contributed by atoms with Crippen molar-refractivity contribution in [3.8, 4) is 11.8 Å². The van der Waals surface area contributed by atoms with Crippen LogP contribution in [0.4, 0.5) is 0 Å². The Morgan fingerprint density at radius 3 is 2.96 bits per heavy atom. The minimum atomic E-state index is -0.221. The van der Waals surface area contributed by atoms with E-state index in [1.54, 1.807) is 17.1 Å². The molecule has 1 fully saturated rings. The van der Waals surface area contributed by atoms with Crippen LogP contribution in [0.3, 0.4) is 0 Å². The smallest absolute Gasteiger partial charge is 0.262 e. The van der Waals surface area contributed by atoms with Gasteiger partial charge in [-0.05, 0) is 31.4 Å². The lowest BCUT2D eigenvalue weighted by molar-refractivity contribution is 0.311. The maximum absolute atomic E-state index is 12.3. The minimum absolute atomic E-state index is 0.00422. The van der Waals surface area contributed by atoms with Crippen LogP contribution in [0.1, 0.15) is 30.1 Å². The van der Waals surface area contributed by atoms with Crippen LogP contribution in [0.5, 0.6) is 0 Å². The first-order valence-corrected chi connectivity index (χ1v) is 7.47. The second-order valence-corrected chi connectivity index (χ2v) is 5.83. The number of H-pyrrole nitrogens is 1. The van der Waals surface area contributed by atoms with Crippen LogP contribution in [0.25, 0.3) is 16.7 Å². The lowest BCUT2D eigenvalue weighted by Crippen LogP contribution is -2.27. The van der Waals surface area contributed by atoms with E-state index in [0.717, 1.165) is 24.1 Å². The third-order valence-corrected chi connectivity index (χ3v) is 4.49. The van der Waals surface area contributed by atoms with Crippen LogP contribution >= 0.6 is 0 Å². The van der Waals surface area contributed by atoms with E-state index in [-0.39, 0.29) is 17.4 Å². The average Bonchev–Trinajstić information content (AvgIpc) is 2.91. The topological polar surface area (TPSA) is 100 Å². The highest BCUT2D eigenvalue weighted by Crippen LogP contribution is 2.40. The summed E-state index contributed by atoms with van der Waals surface area (Å²) in [5.74, 6) is 0.492. The number of nitrogens with zero attached hydrogens (tertiary/aromatic N) is 5. The van der Waals surface area contributed by atoms with Crippen LogP contribution in [0.15, 0.2) is 29.5 Å². The molecule has 7 heteroatoms. The second-order valence-electron chi connectivity index (χ2n) is 5.83. The molecule has 4 rings (SSSR count). The summed E-state index contributed by atoms with van der Waals surface area (Å²) in [5, 5.41) is 13.9. The summed E-state index contributed by atoms with van der Waals surface area (Å²) in [5.41, 5.74) is 2.06. The molecule has 1 aliphatic carbocycles. The zero-order valence-corrected chi connectivity index (χ0v) is 12.5. The van der Waals surface area contributed by atoms with Crippen molar-refractivity contribution in [3.63, 3.8) is 0 Å². The summed E-state index contributed by atoms with van der Waals surface area (Å²) >= 11 is 0. The van der Waals surface area contributed by atoms with E-state index in [1.807, 2.05) is 13.0 Å². The van der Waals surface area contributed by atoms with Gasteiger partial charge in [0.15, 0.2) is 5.65 Å². The van der Waals surface area contributed by atoms with E-state index in [1.165, 1.54) is 6.20 Å². The minimum Gasteiger partial charge on any atom is -0.310 e. The summed E-state index contributed by atoms with van der Waals surface area (Å²) in [6.07, 6.45) is 6.64. The number of fused-ring (bicyclic) bond motifs is 1. The Labute approximate surface area is 131 Å². The van der Waals surface area contributed by atoms with Crippen molar-refractivity contribution < 1.29 is 0 Å². The highest BCUT2D eigenvalue weighted by Gasteiger charge is 2.34. The quantitative estimate of drug-likeness (QED) is 0.778. The van der Waals surface area contributed by atoms with Crippen LogP contribution in [0, 0.1) is 24.2 Å². The number of aromatic nitrogens is 5. The molecule has 114 valence electrons. The highest BCUT2D eigenvalue weighted by atomic mass is 16.1. The van der Waals surface area contributed by atoms with Gasteiger partial charge in [-0.25, -0.2) is 9.67 Å². The Bertz CT molecular complexity index is 996. The summed E-state index contributed by atoms with van der Waals surface area (Å²) in [4.78, 5) is 23.9. The maximum Gasteiger partial charge on any atom is 0.262 e. The molecule has 0 aromatic carbocycles. The monoisotopic (exact) mass is 306 g/mol. The molecule has 1 N–H and O–H groups in total. The largest absolute Gasteiger partial charge is 0.310 e. The number of hydrogen-bond acceptors (Lipinski definition) is 5. The molecule has 0 spiro atoms. The lowest BCUT2D eigenvalue weighted by atomic mass is 9.74. The fourth-order valence-corrected chi connectivity index (χ4v) is 2.95. The predicted molar refractivity (Wildman–Crippen MR) is 83.1 cm³/mol. The predicted octanol–water partition coefficient (Wildman–Crippen LogP) is 1.83. The van der Waals surface area contributed by atoms with Crippen LogP contribution in [-0.2, 0) is 0 Å². The highest BCUT2D eigenvalue weighted by molar-refractivity contribution is 5.75. The van der Waals surface area contributed by atoms with Crippen molar-refractivity contribution in [2.75, 3.05) is 0 Å². The van der Waals surface area contributed by atoms with E-state index in [9.17, 15) is 4.79 Å². The van der Waals surface area contributed by atoms with Gasteiger partial charge in [-0.1, -0.05) is 0 Å². The van der Waals surface area contributed by atoms with Crippen molar-refractivity contribution >= 4 is 11.0 Å². The van der Waals surface area contributed by atoms with Crippen molar-refractivity contribution in [1.82, 2.24) is 24.7 Å². The zero-order valence-electron chi connectivity index (χ0n) is 12.5. The molecule has 0 bridgehead atoms. The molecule has 2 atom stereocenters. The van der Waals surface area contributed by atoms with E-state index < -0.39 is 0 Å². The van der Waals surface area contributed by atoms with Crippen LogP contribution in [-0.4, -0.2) is 24.7 Å². The zero-order chi connectivity index (χ0) is 16.0. The number of nitriles is 1. The first-order chi connectivity index (χ1) is 11.2. The van der Waals surface area contributed by atoms with Crippen molar-refractivity contribution in [3.05, 3.63) is 46.4 Å². The molecular formula is C16H14N6O. The maximum atomic E-state index is 12.3. The average molecular weight is 306 g/mol. The lowest BCUT2D eigenvalue weighted by Gasteiger charge is -2.30. The molecule has 23 heavy (non-hydrogen) atoms. The number of nitrogens with one attached hydrogen (secondary N) is 1. The summed E-state index contributed by atoms with van der Waals surface area (Å²) in [6, 6.07) is 4.16. The molecule has 3 aromatic rings. The number of aryl methyl sites for hydroxylation is 1. The van der Waals surface area contributed by atoms with Gasteiger partial charge >= 0.3 is 0 Å². The van der Waals surface area contributed by atoms with Gasteiger partial charge in [0.2, 0.25) is 0 Å². The Kier molecular flexibility index (Phi) is 2.98. The molecule has 7 nitrogen and oxygen atoms in total. The summed E-state index contributed by atoms with van der Waals surface area (Å²) in [7, 11) is 0. The van der Waals surface area contributed by atoms with Gasteiger partial charge in [-0.15, -0.1) is 0 Å². The Morgan fingerprint density at radius 1 is 1.39 bits per heavy atom. The number of pyridine rings is 1. The number of rotatable bonds is 2. The Balaban J connectivity index is 1.92. The molecule has 3 heterocycles. The van der Waals surface area contributed by atoms with Crippen molar-refractivity contribution in [2.45, 2.75) is 25.7 Å². The third-order valence-electron chi connectivity index (χ3n) is 4.49. The Morgan fingerprint density at radius 2 is 2.26 bits per heavy atom. The fourth-order valence-electron chi connectivity index (χ4n) is 2.95. The SMILES string of the molecule is Cc1ccncc1-n1ncc2c(=O)[nH]c(C3CCC3C#N)nc21. The van der Waals surface area contributed by atoms with Crippen LogP contribution in [0.2, 0.25) is 0 Å². The second kappa shape index (κ2) is 5.02. The molecule has 0 saturated heterocycles. The standard InChI is InChI=1S/C16H14N6O/c1-9-4-5-18-8-13(9)22-15-12(7-19-22)16(23)21-14(20-15)11-3-2-10(11)6-17/h4-5,7-8,10-11H,2-3H2,1H3,(H,20,21,23). The fraction of sp³-hybridized carbons (Fsp3) is 0.312. The first-order valence-electron chi connectivity index (χ1n) is 7.47. The summed E-state index contributed by atoms with van der Waals surface area (Å²) < 4.78 is 1.64. The first kappa shape index (κ1) is 13.6. The van der Waals surface area contributed by atoms with Gasteiger partial charge in [-0.2, -0.15) is 10.4 Å². The molecule has 3 aromatic heterocycles. The molecule has 0 amide bonds. The molecule has 2 unspecified atom stereocenters. The van der Waals surface area contributed by atoms with Gasteiger partial charge in [0, 0.05) is 12.1 Å². The van der Waals surface area contributed by atoms with Gasteiger partial charge in [0.25, 0.3) is 5.56 Å². The van der Waals surface area contributed by atoms with Gasteiger partial charge in [-0.3, -0.25) is 9.78 Å². The molecule has 0 radical (unpaired) electrons. The molecule has 0 aliphatic heterocycles. The van der Waals surface area contributed by atoms with Gasteiger partial charge < -0.3 is 4.98 Å². The molecule has 1 aliphatic rings. The number of aromatic amines is 1. The van der Waals surface area contributed by atoms with E-state index in [4.69, 9.17) is 5.26 Å². The third kappa shape index (κ3) is 2.03. The van der Waals surface area contributed by atoms with E-state index >= 15 is 0 Å². The molecule has 1 saturated carbocycles. The van der Waals surface area contributed by atoms with E-state index in [0.29, 0.717) is 16.9 Å². The van der Waals surface area contributed by atoms with Crippen molar-refractivity contribution in [2.24, 2.45) is 5.92 Å². The van der Waals surface area contributed by atoms with Gasteiger partial charge in [0.05, 0.1) is 30.1 Å². The molecular weight excluding hydrogens is 292 g/mol.